The number of ether oxygens (including phenoxy) is 4. The van der Waals surface area contributed by atoms with Crippen LogP contribution >= 0.6 is 15.6 Å². The second-order valence-electron chi connectivity index (χ2n) is 24.9. The largest absolute Gasteiger partial charge is 0.472 e. The van der Waals surface area contributed by atoms with Crippen LogP contribution in [-0.4, -0.2) is 96.7 Å². The molecular formula is C69H134O17P2. The molecule has 3 N–H and O–H groups in total. The van der Waals surface area contributed by atoms with E-state index in [1.54, 1.807) is 0 Å². The molecule has 522 valence electrons. The monoisotopic (exact) mass is 1300 g/mol. The van der Waals surface area contributed by atoms with Crippen molar-refractivity contribution in [3.05, 3.63) is 0 Å². The number of hydrogen-bond donors (Lipinski definition) is 3. The molecule has 0 aromatic heterocycles. The zero-order valence-electron chi connectivity index (χ0n) is 56.7. The van der Waals surface area contributed by atoms with Gasteiger partial charge in [0.2, 0.25) is 0 Å². The summed E-state index contributed by atoms with van der Waals surface area (Å²) in [6.07, 6.45) is 52.0. The van der Waals surface area contributed by atoms with Crippen molar-refractivity contribution in [3.63, 3.8) is 0 Å². The Bertz CT molecular complexity index is 1690. The molecular weight excluding hydrogens is 1160 g/mol. The van der Waals surface area contributed by atoms with E-state index in [-0.39, 0.29) is 25.7 Å². The van der Waals surface area contributed by atoms with E-state index in [4.69, 9.17) is 37.0 Å². The minimum atomic E-state index is -4.95. The first-order valence-corrected chi connectivity index (χ1v) is 39.3. The summed E-state index contributed by atoms with van der Waals surface area (Å²) in [7, 11) is -9.88. The van der Waals surface area contributed by atoms with E-state index in [1.807, 2.05) is 0 Å². The summed E-state index contributed by atoms with van der Waals surface area (Å²) in [6.45, 7) is 4.81. The number of phosphoric acid groups is 2. The van der Waals surface area contributed by atoms with Crippen molar-refractivity contribution in [1.82, 2.24) is 0 Å². The highest BCUT2D eigenvalue weighted by atomic mass is 31.2. The quantitative estimate of drug-likeness (QED) is 0.0222. The Morgan fingerprint density at radius 3 is 0.670 bits per heavy atom. The molecule has 0 spiro atoms. The van der Waals surface area contributed by atoms with Gasteiger partial charge < -0.3 is 33.8 Å². The highest BCUT2D eigenvalue weighted by Crippen LogP contribution is 2.45. The van der Waals surface area contributed by atoms with Crippen LogP contribution in [0.5, 0.6) is 0 Å². The van der Waals surface area contributed by atoms with Crippen LogP contribution in [0.4, 0.5) is 0 Å². The van der Waals surface area contributed by atoms with E-state index < -0.39 is 97.5 Å². The van der Waals surface area contributed by atoms with Crippen LogP contribution < -0.4 is 0 Å². The van der Waals surface area contributed by atoms with E-state index in [0.717, 1.165) is 103 Å². The Kier molecular flexibility index (Phi) is 62.4. The number of aliphatic hydroxyl groups excluding tert-OH is 1. The standard InChI is InChI=1S/C69H134O17P2/c1-5-9-13-17-20-23-25-27-29-30-31-32-33-34-35-37-39-41-44-48-52-56-69(74)86-65(60-80-67(72)54-50-46-43-40-38-36-28-26-24-21-18-14-10-6-2)62-84-88(77,78)82-58-63(70)57-81-87(75,76)83-61-64(59-79-66(71)53-49-45-16-12-8-4)85-68(73)55-51-47-42-22-19-15-11-7-3/h63-65,70H,5-62H2,1-4H3,(H,75,76)(H,77,78)/t63-,64+,65+/m0/s1. The zero-order valence-corrected chi connectivity index (χ0v) is 58.5. The lowest BCUT2D eigenvalue weighted by atomic mass is 10.0. The van der Waals surface area contributed by atoms with Crippen molar-refractivity contribution < 1.29 is 80.2 Å². The molecule has 17 nitrogen and oxygen atoms in total. The average molecular weight is 1300 g/mol. The average Bonchev–Trinajstić information content (AvgIpc) is 3.71. The predicted octanol–water partition coefficient (Wildman–Crippen LogP) is 19.9. The summed E-state index contributed by atoms with van der Waals surface area (Å²) < 4.78 is 67.9. The Labute approximate surface area is 537 Å². The lowest BCUT2D eigenvalue weighted by Crippen LogP contribution is -2.30. The first kappa shape index (κ1) is 86.1. The molecule has 0 radical (unpaired) electrons. The second-order valence-corrected chi connectivity index (χ2v) is 27.8. The van der Waals surface area contributed by atoms with Crippen LogP contribution in [0.3, 0.4) is 0 Å². The molecule has 0 aliphatic rings. The maximum atomic E-state index is 13.0. The van der Waals surface area contributed by atoms with Crippen molar-refractivity contribution in [2.45, 2.75) is 380 Å². The molecule has 5 atom stereocenters. The molecule has 0 heterocycles. The van der Waals surface area contributed by atoms with Crippen LogP contribution in [0.2, 0.25) is 0 Å². The van der Waals surface area contributed by atoms with Gasteiger partial charge >= 0.3 is 39.5 Å². The van der Waals surface area contributed by atoms with Crippen molar-refractivity contribution >= 4 is 39.5 Å². The molecule has 19 heteroatoms. The fourth-order valence-corrected chi connectivity index (χ4v) is 12.1. The fourth-order valence-electron chi connectivity index (χ4n) is 10.5. The molecule has 0 aromatic rings. The third-order valence-electron chi connectivity index (χ3n) is 16.1. The highest BCUT2D eigenvalue weighted by Gasteiger charge is 2.30. The lowest BCUT2D eigenvalue weighted by Gasteiger charge is -2.21. The molecule has 0 aliphatic heterocycles. The highest BCUT2D eigenvalue weighted by molar-refractivity contribution is 7.47. The summed E-state index contributed by atoms with van der Waals surface area (Å²) in [5, 5.41) is 10.5. The van der Waals surface area contributed by atoms with Gasteiger partial charge in [0, 0.05) is 25.7 Å². The Morgan fingerprint density at radius 1 is 0.273 bits per heavy atom. The number of carbonyl (C=O) groups is 4. The van der Waals surface area contributed by atoms with Crippen LogP contribution in [0.25, 0.3) is 0 Å². The van der Waals surface area contributed by atoms with E-state index in [1.165, 1.54) is 180 Å². The number of carbonyl (C=O) groups excluding carboxylic acids is 4. The second kappa shape index (κ2) is 63.8. The molecule has 0 aliphatic carbocycles. The molecule has 0 amide bonds. The zero-order chi connectivity index (χ0) is 64.7. The van der Waals surface area contributed by atoms with Gasteiger partial charge in [-0.15, -0.1) is 0 Å². The Morgan fingerprint density at radius 2 is 0.455 bits per heavy atom. The molecule has 0 bridgehead atoms. The van der Waals surface area contributed by atoms with E-state index in [2.05, 4.69) is 27.7 Å². The maximum absolute atomic E-state index is 13.0. The van der Waals surface area contributed by atoms with Gasteiger partial charge in [-0.25, -0.2) is 9.13 Å². The van der Waals surface area contributed by atoms with Crippen molar-refractivity contribution in [2.24, 2.45) is 0 Å². The van der Waals surface area contributed by atoms with E-state index in [0.29, 0.717) is 25.7 Å². The molecule has 0 saturated carbocycles. The minimum absolute atomic E-state index is 0.104. The topological polar surface area (TPSA) is 237 Å². The summed E-state index contributed by atoms with van der Waals surface area (Å²) in [5.41, 5.74) is 0. The number of unbranched alkanes of at least 4 members (excludes halogenated alkanes) is 44. The van der Waals surface area contributed by atoms with Gasteiger partial charge in [-0.1, -0.05) is 310 Å². The molecule has 88 heavy (non-hydrogen) atoms. The summed E-state index contributed by atoms with van der Waals surface area (Å²) in [6, 6.07) is 0. The molecule has 0 fully saturated rings. The molecule has 0 aromatic carbocycles. The van der Waals surface area contributed by atoms with Gasteiger partial charge in [-0.05, 0) is 25.7 Å². The van der Waals surface area contributed by atoms with E-state index in [9.17, 15) is 43.2 Å². The maximum Gasteiger partial charge on any atom is 0.472 e. The number of phosphoric ester groups is 2. The van der Waals surface area contributed by atoms with Gasteiger partial charge in [-0.2, -0.15) is 0 Å². The number of aliphatic hydroxyl groups is 1. The molecule has 2 unspecified atom stereocenters. The minimum Gasteiger partial charge on any atom is -0.462 e. The first-order valence-electron chi connectivity index (χ1n) is 36.3. The lowest BCUT2D eigenvalue weighted by molar-refractivity contribution is -0.161. The third kappa shape index (κ3) is 62.8. The summed E-state index contributed by atoms with van der Waals surface area (Å²) in [4.78, 5) is 72.1. The van der Waals surface area contributed by atoms with Gasteiger partial charge in [-0.3, -0.25) is 37.3 Å². The first-order chi connectivity index (χ1) is 42.7. The van der Waals surface area contributed by atoms with E-state index >= 15 is 0 Å². The Hall–Kier alpha value is -1.94. The third-order valence-corrected chi connectivity index (χ3v) is 18.0. The van der Waals surface area contributed by atoms with Crippen LogP contribution in [0, 0.1) is 0 Å². The fraction of sp³-hybridized carbons (Fsp3) is 0.942. The normalized spacial score (nSPS) is 14.0. The number of rotatable bonds is 70. The predicted molar refractivity (Wildman–Crippen MR) is 354 cm³/mol. The van der Waals surface area contributed by atoms with Crippen LogP contribution in [0.1, 0.15) is 362 Å². The number of hydrogen-bond acceptors (Lipinski definition) is 15. The van der Waals surface area contributed by atoms with Gasteiger partial charge in [0.25, 0.3) is 0 Å². The van der Waals surface area contributed by atoms with Crippen LogP contribution in [-0.2, 0) is 65.4 Å². The number of esters is 4. The van der Waals surface area contributed by atoms with Crippen LogP contribution in [0.15, 0.2) is 0 Å². The van der Waals surface area contributed by atoms with Crippen molar-refractivity contribution in [2.75, 3.05) is 39.6 Å². The van der Waals surface area contributed by atoms with Crippen molar-refractivity contribution in [1.29, 1.82) is 0 Å². The summed E-state index contributed by atoms with van der Waals surface area (Å²) >= 11 is 0. The van der Waals surface area contributed by atoms with Gasteiger partial charge in [0.05, 0.1) is 26.4 Å². The van der Waals surface area contributed by atoms with Crippen molar-refractivity contribution in [3.8, 4) is 0 Å². The summed E-state index contributed by atoms with van der Waals surface area (Å²) in [5.74, 6) is -2.14. The molecule has 0 saturated heterocycles. The smallest absolute Gasteiger partial charge is 0.462 e. The van der Waals surface area contributed by atoms with Gasteiger partial charge in [0.1, 0.15) is 19.3 Å². The SMILES string of the molecule is CCCCCCCCCCCCCCCCCCCCCCCC(=O)O[C@H](COC(=O)CCCCCCCCCCCCCCCC)COP(=O)(O)OC[C@@H](O)COP(=O)(O)OC[C@@H](COC(=O)CCCCCCC)OC(=O)CCCCCCCCCC. The Balaban J connectivity index is 5.08. The molecule has 0 rings (SSSR count). The van der Waals surface area contributed by atoms with Gasteiger partial charge in [0.15, 0.2) is 12.2 Å².